The lowest BCUT2D eigenvalue weighted by atomic mass is 9.99. The number of carbonyl (C=O) groups is 3. The Morgan fingerprint density at radius 3 is 2.41 bits per heavy atom. The number of hydrogen-bond acceptors (Lipinski definition) is 3. The minimum atomic E-state index is -0.405. The molecule has 0 radical (unpaired) electrons. The molecule has 3 aromatic carbocycles. The fourth-order valence-electron chi connectivity index (χ4n) is 3.75. The highest BCUT2D eigenvalue weighted by molar-refractivity contribution is 5.97. The van der Waals surface area contributed by atoms with Gasteiger partial charge in [0, 0.05) is 12.1 Å². The average Bonchev–Trinajstić information content (AvgIpc) is 2.81. The quantitative estimate of drug-likeness (QED) is 0.621. The fourth-order valence-corrected chi connectivity index (χ4v) is 3.75. The summed E-state index contributed by atoms with van der Waals surface area (Å²) in [5.41, 5.74) is 4.34. The molecule has 1 heterocycles. The van der Waals surface area contributed by atoms with Crippen molar-refractivity contribution in [3.63, 3.8) is 0 Å². The van der Waals surface area contributed by atoms with Crippen LogP contribution >= 0.6 is 0 Å². The standard InChI is InChI=1S/C26H25N3O3/c1-18-6-5-9-22(14-18)23-15-24(30)29(26(32)28-23)17-20-10-12-21(13-11-20)25(31)27-16-19-7-3-2-4-8-19/h2-14,23H,15-17H2,1H3,(H,27,31)(H,28,32). The van der Waals surface area contributed by atoms with Gasteiger partial charge in [0.05, 0.1) is 19.0 Å². The van der Waals surface area contributed by atoms with Crippen LogP contribution < -0.4 is 10.6 Å². The molecular weight excluding hydrogens is 402 g/mol. The van der Waals surface area contributed by atoms with Gasteiger partial charge in [0.2, 0.25) is 5.91 Å². The largest absolute Gasteiger partial charge is 0.348 e. The van der Waals surface area contributed by atoms with E-state index in [0.29, 0.717) is 12.1 Å². The Labute approximate surface area is 187 Å². The van der Waals surface area contributed by atoms with Crippen LogP contribution in [-0.4, -0.2) is 22.7 Å². The van der Waals surface area contributed by atoms with Crippen molar-refractivity contribution in [1.82, 2.24) is 15.5 Å². The van der Waals surface area contributed by atoms with E-state index >= 15 is 0 Å². The number of urea groups is 1. The van der Waals surface area contributed by atoms with Crippen molar-refractivity contribution < 1.29 is 14.4 Å². The van der Waals surface area contributed by atoms with Crippen LogP contribution in [-0.2, 0) is 17.9 Å². The van der Waals surface area contributed by atoms with Gasteiger partial charge in [-0.2, -0.15) is 0 Å². The topological polar surface area (TPSA) is 78.5 Å². The third kappa shape index (κ3) is 5.03. The smallest absolute Gasteiger partial charge is 0.324 e. The molecule has 3 aromatic rings. The molecule has 0 saturated carbocycles. The molecule has 0 aliphatic carbocycles. The first-order chi connectivity index (χ1) is 15.5. The molecule has 1 aliphatic heterocycles. The predicted molar refractivity (Wildman–Crippen MR) is 122 cm³/mol. The van der Waals surface area contributed by atoms with Gasteiger partial charge < -0.3 is 10.6 Å². The van der Waals surface area contributed by atoms with Gasteiger partial charge in [-0.3, -0.25) is 14.5 Å². The van der Waals surface area contributed by atoms with E-state index in [9.17, 15) is 14.4 Å². The van der Waals surface area contributed by atoms with Crippen LogP contribution in [0.3, 0.4) is 0 Å². The molecule has 6 nitrogen and oxygen atoms in total. The van der Waals surface area contributed by atoms with Gasteiger partial charge in [0.25, 0.3) is 5.91 Å². The highest BCUT2D eigenvalue weighted by atomic mass is 16.2. The van der Waals surface area contributed by atoms with E-state index < -0.39 is 6.03 Å². The predicted octanol–water partition coefficient (Wildman–Crippen LogP) is 4.11. The van der Waals surface area contributed by atoms with E-state index in [0.717, 1.165) is 22.3 Å². The number of imide groups is 1. The van der Waals surface area contributed by atoms with Gasteiger partial charge in [-0.05, 0) is 35.7 Å². The Balaban J connectivity index is 1.35. The van der Waals surface area contributed by atoms with E-state index in [1.54, 1.807) is 24.3 Å². The monoisotopic (exact) mass is 427 g/mol. The Morgan fingerprint density at radius 1 is 0.969 bits per heavy atom. The molecule has 0 spiro atoms. The van der Waals surface area contributed by atoms with Crippen molar-refractivity contribution in [2.45, 2.75) is 32.5 Å². The number of amides is 4. The summed E-state index contributed by atoms with van der Waals surface area (Å²) in [7, 11) is 0. The summed E-state index contributed by atoms with van der Waals surface area (Å²) in [4.78, 5) is 38.9. The van der Waals surface area contributed by atoms with E-state index in [-0.39, 0.29) is 30.8 Å². The average molecular weight is 428 g/mol. The molecule has 0 aromatic heterocycles. The van der Waals surface area contributed by atoms with E-state index in [2.05, 4.69) is 10.6 Å². The zero-order valence-electron chi connectivity index (χ0n) is 17.9. The maximum atomic E-state index is 12.7. The van der Waals surface area contributed by atoms with Crippen LogP contribution in [0.4, 0.5) is 4.79 Å². The van der Waals surface area contributed by atoms with Crippen molar-refractivity contribution >= 4 is 17.8 Å². The van der Waals surface area contributed by atoms with Crippen molar-refractivity contribution in [2.75, 3.05) is 0 Å². The summed E-state index contributed by atoms with van der Waals surface area (Å²) in [6.07, 6.45) is 0.217. The van der Waals surface area contributed by atoms with Crippen molar-refractivity contribution in [3.05, 3.63) is 107 Å². The van der Waals surface area contributed by atoms with Crippen LogP contribution in [0, 0.1) is 6.92 Å². The van der Waals surface area contributed by atoms with Crippen LogP contribution in [0.5, 0.6) is 0 Å². The van der Waals surface area contributed by atoms with E-state index in [1.165, 1.54) is 4.90 Å². The molecule has 0 bridgehead atoms. The number of rotatable bonds is 6. The first kappa shape index (κ1) is 21.3. The molecule has 1 aliphatic rings. The molecule has 4 rings (SSSR count). The number of hydrogen-bond donors (Lipinski definition) is 2. The second-order valence-corrected chi connectivity index (χ2v) is 7.97. The van der Waals surface area contributed by atoms with Gasteiger partial charge in [0.15, 0.2) is 0 Å². The molecule has 1 fully saturated rings. The summed E-state index contributed by atoms with van der Waals surface area (Å²) in [5.74, 6) is -0.391. The van der Waals surface area contributed by atoms with E-state index in [4.69, 9.17) is 0 Å². The lowest BCUT2D eigenvalue weighted by Crippen LogP contribution is -2.50. The Bertz CT molecular complexity index is 1110. The van der Waals surface area contributed by atoms with Crippen LogP contribution in [0.2, 0.25) is 0 Å². The van der Waals surface area contributed by atoms with Crippen LogP contribution in [0.1, 0.15) is 45.1 Å². The lowest BCUT2D eigenvalue weighted by molar-refractivity contribution is -0.130. The van der Waals surface area contributed by atoms with Crippen LogP contribution in [0.15, 0.2) is 78.9 Å². The Kier molecular flexibility index (Phi) is 6.31. The molecule has 32 heavy (non-hydrogen) atoms. The Morgan fingerprint density at radius 2 is 1.72 bits per heavy atom. The first-order valence-corrected chi connectivity index (χ1v) is 10.6. The van der Waals surface area contributed by atoms with E-state index in [1.807, 2.05) is 61.5 Å². The highest BCUT2D eigenvalue weighted by Gasteiger charge is 2.32. The number of nitrogens with zero attached hydrogens (tertiary/aromatic N) is 1. The molecule has 1 unspecified atom stereocenters. The normalized spacial score (nSPS) is 15.9. The molecule has 1 saturated heterocycles. The molecule has 4 amide bonds. The van der Waals surface area contributed by atoms with Crippen LogP contribution in [0.25, 0.3) is 0 Å². The zero-order valence-corrected chi connectivity index (χ0v) is 17.9. The van der Waals surface area contributed by atoms with Gasteiger partial charge in [0.1, 0.15) is 0 Å². The minimum Gasteiger partial charge on any atom is -0.348 e. The molecule has 6 heteroatoms. The second kappa shape index (κ2) is 9.47. The third-order valence-corrected chi connectivity index (χ3v) is 5.52. The first-order valence-electron chi connectivity index (χ1n) is 10.6. The van der Waals surface area contributed by atoms with Crippen molar-refractivity contribution in [1.29, 1.82) is 0 Å². The molecule has 1 atom stereocenters. The summed E-state index contributed by atoms with van der Waals surface area (Å²) in [5, 5.41) is 5.81. The second-order valence-electron chi connectivity index (χ2n) is 7.97. The van der Waals surface area contributed by atoms with Gasteiger partial charge in [-0.15, -0.1) is 0 Å². The molecule has 2 N–H and O–H groups in total. The lowest BCUT2D eigenvalue weighted by Gasteiger charge is -2.31. The molecule has 162 valence electrons. The fraction of sp³-hybridized carbons (Fsp3) is 0.192. The maximum Gasteiger partial charge on any atom is 0.324 e. The van der Waals surface area contributed by atoms with Gasteiger partial charge >= 0.3 is 6.03 Å². The number of benzene rings is 3. The third-order valence-electron chi connectivity index (χ3n) is 5.52. The number of aryl methyl sites for hydroxylation is 1. The van der Waals surface area contributed by atoms with Crippen molar-refractivity contribution in [3.8, 4) is 0 Å². The van der Waals surface area contributed by atoms with Gasteiger partial charge in [-0.1, -0.05) is 72.3 Å². The van der Waals surface area contributed by atoms with Crippen molar-refractivity contribution in [2.24, 2.45) is 0 Å². The molecular formula is C26H25N3O3. The van der Waals surface area contributed by atoms with Gasteiger partial charge in [-0.25, -0.2) is 4.79 Å². The maximum absolute atomic E-state index is 12.7. The summed E-state index contributed by atoms with van der Waals surface area (Å²) >= 11 is 0. The minimum absolute atomic E-state index is 0.164. The SMILES string of the molecule is Cc1cccc(C2CC(=O)N(Cc3ccc(C(=O)NCc4ccccc4)cc3)C(=O)N2)c1. The number of carbonyl (C=O) groups excluding carboxylic acids is 3. The zero-order chi connectivity index (χ0) is 22.5. The summed E-state index contributed by atoms with van der Waals surface area (Å²) in [6.45, 7) is 2.59. The highest BCUT2D eigenvalue weighted by Crippen LogP contribution is 2.24. The summed E-state index contributed by atoms with van der Waals surface area (Å²) < 4.78 is 0. The number of nitrogens with one attached hydrogen (secondary N) is 2. The summed E-state index contributed by atoms with van der Waals surface area (Å²) in [6, 6.07) is 23.7. The Hall–Kier alpha value is -3.93.